The minimum Gasteiger partial charge on any atom is -0.346 e. The van der Waals surface area contributed by atoms with Crippen LogP contribution in [0.25, 0.3) is 0 Å². The first kappa shape index (κ1) is 17.1. The number of amides is 1. The van der Waals surface area contributed by atoms with E-state index in [1.54, 1.807) is 0 Å². The van der Waals surface area contributed by atoms with Gasteiger partial charge in [-0.1, -0.05) is 0 Å². The number of sulfone groups is 1. The summed E-state index contributed by atoms with van der Waals surface area (Å²) in [5, 5.41) is 3.00. The van der Waals surface area contributed by atoms with Gasteiger partial charge in [-0.3, -0.25) is 14.5 Å². The highest BCUT2D eigenvalue weighted by Gasteiger charge is 2.43. The van der Waals surface area contributed by atoms with E-state index in [1.165, 1.54) is 12.5 Å². The molecule has 1 aromatic heterocycles. The fourth-order valence-electron chi connectivity index (χ4n) is 3.25. The SMILES string of the molecule is CS(=O)(=O)CCN1C[C@H](NC(=O)c2c[nH]c(=O)cn2)[C@@H](C2CC2)C1. The molecule has 8 nitrogen and oxygen atoms in total. The van der Waals surface area contributed by atoms with Gasteiger partial charge in [-0.2, -0.15) is 0 Å². The van der Waals surface area contributed by atoms with Crippen molar-refractivity contribution >= 4 is 15.7 Å². The van der Waals surface area contributed by atoms with Crippen molar-refractivity contribution in [2.75, 3.05) is 31.6 Å². The van der Waals surface area contributed by atoms with Gasteiger partial charge in [-0.15, -0.1) is 0 Å². The number of H-pyrrole nitrogens is 1. The second kappa shape index (κ2) is 6.64. The van der Waals surface area contributed by atoms with Crippen LogP contribution in [0.5, 0.6) is 0 Å². The van der Waals surface area contributed by atoms with Crippen molar-refractivity contribution in [2.24, 2.45) is 11.8 Å². The summed E-state index contributed by atoms with van der Waals surface area (Å²) in [5.41, 5.74) is -0.172. The highest BCUT2D eigenvalue weighted by Crippen LogP contribution is 2.41. The number of likely N-dealkylation sites (tertiary alicyclic amines) is 1. The van der Waals surface area contributed by atoms with Gasteiger partial charge < -0.3 is 10.3 Å². The molecule has 1 aliphatic heterocycles. The minimum absolute atomic E-state index is 0.0155. The molecule has 0 unspecified atom stereocenters. The topological polar surface area (TPSA) is 112 Å². The molecule has 0 bridgehead atoms. The van der Waals surface area contributed by atoms with Gasteiger partial charge in [0.2, 0.25) is 0 Å². The van der Waals surface area contributed by atoms with Crippen molar-refractivity contribution in [1.29, 1.82) is 0 Å². The number of rotatable bonds is 6. The smallest absolute Gasteiger partial charge is 0.271 e. The van der Waals surface area contributed by atoms with Crippen molar-refractivity contribution in [3.05, 3.63) is 28.4 Å². The molecule has 0 spiro atoms. The fourth-order valence-corrected chi connectivity index (χ4v) is 3.84. The highest BCUT2D eigenvalue weighted by atomic mass is 32.2. The number of nitrogens with one attached hydrogen (secondary N) is 2. The largest absolute Gasteiger partial charge is 0.346 e. The Balaban J connectivity index is 1.63. The molecule has 2 N–H and O–H groups in total. The highest BCUT2D eigenvalue weighted by molar-refractivity contribution is 7.90. The average Bonchev–Trinajstić information content (AvgIpc) is 3.27. The fraction of sp³-hybridized carbons (Fsp3) is 0.667. The Morgan fingerprint density at radius 1 is 1.42 bits per heavy atom. The summed E-state index contributed by atoms with van der Waals surface area (Å²) in [6.45, 7) is 1.95. The molecule has 3 rings (SSSR count). The van der Waals surface area contributed by atoms with Crippen LogP contribution in [0.4, 0.5) is 0 Å². The minimum atomic E-state index is -2.99. The molecule has 2 fully saturated rings. The number of hydrogen-bond acceptors (Lipinski definition) is 6. The van der Waals surface area contributed by atoms with E-state index < -0.39 is 9.84 Å². The molecule has 1 aliphatic carbocycles. The van der Waals surface area contributed by atoms with Gasteiger partial charge in [0.15, 0.2) is 0 Å². The third-order valence-corrected chi connectivity index (χ3v) is 5.59. The summed E-state index contributed by atoms with van der Waals surface area (Å²) >= 11 is 0. The van der Waals surface area contributed by atoms with Gasteiger partial charge in [-0.25, -0.2) is 13.4 Å². The number of carbonyl (C=O) groups is 1. The van der Waals surface area contributed by atoms with Crippen LogP contribution in [-0.2, 0) is 9.84 Å². The number of carbonyl (C=O) groups excluding carboxylic acids is 1. The molecule has 1 saturated carbocycles. The van der Waals surface area contributed by atoms with E-state index in [2.05, 4.69) is 20.2 Å². The molecule has 1 aromatic rings. The van der Waals surface area contributed by atoms with Crippen molar-refractivity contribution in [3.8, 4) is 0 Å². The van der Waals surface area contributed by atoms with E-state index in [9.17, 15) is 18.0 Å². The first-order valence-electron chi connectivity index (χ1n) is 8.07. The standard InChI is InChI=1S/C15H22N4O4S/c1-24(22,23)5-4-19-8-11(10-2-3-10)13(9-19)18-15(21)12-6-17-14(20)7-16-12/h6-7,10-11,13H,2-5,8-9H2,1H3,(H,17,20)(H,18,21)/t11-,13+/m1/s1. The maximum absolute atomic E-state index is 12.3. The maximum atomic E-state index is 12.3. The predicted octanol–water partition coefficient (Wildman–Crippen LogP) is -0.745. The van der Waals surface area contributed by atoms with E-state index in [4.69, 9.17) is 0 Å². The Hall–Kier alpha value is -1.74. The molecule has 2 aliphatic rings. The van der Waals surface area contributed by atoms with Gasteiger partial charge >= 0.3 is 0 Å². The normalized spacial score (nSPS) is 24.9. The molecule has 24 heavy (non-hydrogen) atoms. The van der Waals surface area contributed by atoms with Crippen LogP contribution in [0.15, 0.2) is 17.2 Å². The molecule has 132 valence electrons. The third kappa shape index (κ3) is 4.41. The van der Waals surface area contributed by atoms with Crippen LogP contribution < -0.4 is 10.9 Å². The number of hydrogen-bond donors (Lipinski definition) is 2. The molecule has 2 heterocycles. The third-order valence-electron chi connectivity index (χ3n) is 4.67. The number of nitrogens with zero attached hydrogens (tertiary/aromatic N) is 2. The van der Waals surface area contributed by atoms with Crippen LogP contribution in [0.1, 0.15) is 23.3 Å². The zero-order valence-corrected chi connectivity index (χ0v) is 14.4. The monoisotopic (exact) mass is 354 g/mol. The quantitative estimate of drug-likeness (QED) is 0.695. The molecular weight excluding hydrogens is 332 g/mol. The number of aromatic amines is 1. The molecule has 9 heteroatoms. The first-order valence-corrected chi connectivity index (χ1v) is 10.1. The van der Waals surface area contributed by atoms with E-state index >= 15 is 0 Å². The van der Waals surface area contributed by atoms with E-state index in [-0.39, 0.29) is 29.0 Å². The number of aromatic nitrogens is 2. The van der Waals surface area contributed by atoms with Crippen LogP contribution in [0, 0.1) is 11.8 Å². The first-order chi connectivity index (χ1) is 11.3. The molecule has 2 atom stereocenters. The molecule has 1 amide bonds. The molecule has 1 saturated heterocycles. The van der Waals surface area contributed by atoms with E-state index in [1.807, 2.05) is 0 Å². The molecule has 0 aromatic carbocycles. The van der Waals surface area contributed by atoms with Gasteiger partial charge in [0, 0.05) is 38.1 Å². The predicted molar refractivity (Wildman–Crippen MR) is 88.5 cm³/mol. The summed E-state index contributed by atoms with van der Waals surface area (Å²) in [4.78, 5) is 31.7. The van der Waals surface area contributed by atoms with Crippen molar-refractivity contribution < 1.29 is 13.2 Å². The average molecular weight is 354 g/mol. The van der Waals surface area contributed by atoms with Crippen molar-refractivity contribution in [3.63, 3.8) is 0 Å². The van der Waals surface area contributed by atoms with E-state index in [0.29, 0.717) is 24.9 Å². The maximum Gasteiger partial charge on any atom is 0.271 e. The second-order valence-corrected chi connectivity index (χ2v) is 9.03. The summed E-state index contributed by atoms with van der Waals surface area (Å²) in [6, 6.07) is -0.0155. The van der Waals surface area contributed by atoms with Crippen molar-refractivity contribution in [2.45, 2.75) is 18.9 Å². The van der Waals surface area contributed by atoms with Crippen LogP contribution in [-0.4, -0.2) is 66.9 Å². The van der Waals surface area contributed by atoms with Gasteiger partial charge in [0.25, 0.3) is 11.5 Å². The Morgan fingerprint density at radius 2 is 2.17 bits per heavy atom. The Kier molecular flexibility index (Phi) is 4.73. The lowest BCUT2D eigenvalue weighted by molar-refractivity contribution is 0.0922. The van der Waals surface area contributed by atoms with Gasteiger partial charge in [0.1, 0.15) is 15.5 Å². The van der Waals surface area contributed by atoms with Crippen LogP contribution >= 0.6 is 0 Å². The summed E-state index contributed by atoms with van der Waals surface area (Å²) in [6.07, 6.45) is 5.95. The zero-order chi connectivity index (χ0) is 17.3. The summed E-state index contributed by atoms with van der Waals surface area (Å²) in [5.74, 6) is 0.761. The molecular formula is C15H22N4O4S. The Morgan fingerprint density at radius 3 is 2.75 bits per heavy atom. The summed E-state index contributed by atoms with van der Waals surface area (Å²) in [7, 11) is -2.99. The Labute approximate surface area is 140 Å². The lowest BCUT2D eigenvalue weighted by Crippen LogP contribution is -2.41. The molecule has 0 radical (unpaired) electrons. The van der Waals surface area contributed by atoms with Crippen LogP contribution in [0.3, 0.4) is 0 Å². The van der Waals surface area contributed by atoms with Gasteiger partial charge in [-0.05, 0) is 24.7 Å². The van der Waals surface area contributed by atoms with Crippen molar-refractivity contribution in [1.82, 2.24) is 20.2 Å². The Bertz CT molecular complexity index is 751. The summed E-state index contributed by atoms with van der Waals surface area (Å²) < 4.78 is 22.7. The van der Waals surface area contributed by atoms with Gasteiger partial charge in [0.05, 0.1) is 11.9 Å². The second-order valence-electron chi connectivity index (χ2n) is 6.77. The lowest BCUT2D eigenvalue weighted by Gasteiger charge is -2.19. The van der Waals surface area contributed by atoms with Crippen LogP contribution in [0.2, 0.25) is 0 Å². The lowest BCUT2D eigenvalue weighted by atomic mass is 9.98. The zero-order valence-electron chi connectivity index (χ0n) is 13.6. The van der Waals surface area contributed by atoms with E-state index in [0.717, 1.165) is 25.6 Å².